The van der Waals surface area contributed by atoms with Gasteiger partial charge in [-0.25, -0.2) is 4.79 Å². The van der Waals surface area contributed by atoms with Crippen molar-refractivity contribution in [3.05, 3.63) is 35.9 Å². The van der Waals surface area contributed by atoms with E-state index < -0.39 is 29.9 Å². The van der Waals surface area contributed by atoms with Crippen LogP contribution in [0.5, 0.6) is 0 Å². The molecule has 0 fully saturated rings. The SMILES string of the molecule is C[C@@H](NC(=O)CN)C(=O)N[C@H](Cc1ccccc1)C(=O)O. The lowest BCUT2D eigenvalue weighted by atomic mass is 10.1. The van der Waals surface area contributed by atoms with Crippen LogP contribution in [0.25, 0.3) is 0 Å². The van der Waals surface area contributed by atoms with Gasteiger partial charge in [0.2, 0.25) is 11.8 Å². The summed E-state index contributed by atoms with van der Waals surface area (Å²) in [6.45, 7) is 1.23. The highest BCUT2D eigenvalue weighted by Gasteiger charge is 2.23. The van der Waals surface area contributed by atoms with Gasteiger partial charge in [0.25, 0.3) is 0 Å². The third-order valence-electron chi connectivity index (χ3n) is 2.85. The number of amides is 2. The minimum absolute atomic E-state index is 0.166. The number of carbonyl (C=O) groups is 3. The fraction of sp³-hybridized carbons (Fsp3) is 0.357. The molecule has 0 unspecified atom stereocenters. The number of carbonyl (C=O) groups excluding carboxylic acids is 2. The molecule has 7 heteroatoms. The standard InChI is InChI=1S/C14H19N3O4/c1-9(16-12(18)8-15)13(19)17-11(14(20)21)7-10-5-3-2-4-6-10/h2-6,9,11H,7-8,15H2,1H3,(H,16,18)(H,17,19)(H,20,21)/t9-,11-/m1/s1. The predicted octanol–water partition coefficient (Wildman–Crippen LogP) is -0.738. The third-order valence-corrected chi connectivity index (χ3v) is 2.85. The van der Waals surface area contributed by atoms with Crippen molar-refractivity contribution < 1.29 is 19.5 Å². The maximum absolute atomic E-state index is 11.9. The Bertz CT molecular complexity index is 504. The molecule has 0 saturated heterocycles. The molecule has 0 aliphatic heterocycles. The van der Waals surface area contributed by atoms with Gasteiger partial charge in [-0.05, 0) is 12.5 Å². The van der Waals surface area contributed by atoms with Crippen LogP contribution in [-0.2, 0) is 20.8 Å². The van der Waals surface area contributed by atoms with E-state index in [0.29, 0.717) is 0 Å². The summed E-state index contributed by atoms with van der Waals surface area (Å²) >= 11 is 0. The fourth-order valence-electron chi connectivity index (χ4n) is 1.71. The Kier molecular flexibility index (Phi) is 6.35. The number of nitrogens with two attached hydrogens (primary N) is 1. The highest BCUT2D eigenvalue weighted by molar-refractivity contribution is 5.90. The summed E-state index contributed by atoms with van der Waals surface area (Å²) in [5.74, 6) is -2.18. The van der Waals surface area contributed by atoms with Crippen LogP contribution >= 0.6 is 0 Å². The van der Waals surface area contributed by atoms with Gasteiger partial charge in [0.05, 0.1) is 6.54 Å². The lowest BCUT2D eigenvalue weighted by Gasteiger charge is -2.18. The molecular formula is C14H19N3O4. The van der Waals surface area contributed by atoms with Gasteiger partial charge in [-0.1, -0.05) is 30.3 Å². The number of aliphatic carboxylic acids is 1. The van der Waals surface area contributed by atoms with Crippen molar-refractivity contribution in [1.29, 1.82) is 0 Å². The second-order valence-electron chi connectivity index (χ2n) is 4.58. The van der Waals surface area contributed by atoms with Crippen LogP contribution in [0.3, 0.4) is 0 Å². The maximum atomic E-state index is 11.9. The Balaban J connectivity index is 2.64. The van der Waals surface area contributed by atoms with Crippen LogP contribution in [0.4, 0.5) is 0 Å². The molecule has 1 aromatic rings. The second kappa shape index (κ2) is 8.01. The molecule has 7 nitrogen and oxygen atoms in total. The predicted molar refractivity (Wildman–Crippen MR) is 76.4 cm³/mol. The average Bonchev–Trinajstić information content (AvgIpc) is 2.47. The van der Waals surface area contributed by atoms with E-state index in [1.54, 1.807) is 24.3 Å². The summed E-state index contributed by atoms with van der Waals surface area (Å²) in [7, 11) is 0. The number of nitrogens with one attached hydrogen (secondary N) is 2. The first-order valence-electron chi connectivity index (χ1n) is 6.50. The smallest absolute Gasteiger partial charge is 0.326 e. The van der Waals surface area contributed by atoms with Crippen LogP contribution in [0.1, 0.15) is 12.5 Å². The fourth-order valence-corrected chi connectivity index (χ4v) is 1.71. The minimum atomic E-state index is -1.13. The molecule has 2 amide bonds. The lowest BCUT2D eigenvalue weighted by Crippen LogP contribution is -2.51. The zero-order valence-corrected chi connectivity index (χ0v) is 11.7. The van der Waals surface area contributed by atoms with Gasteiger partial charge in [0, 0.05) is 6.42 Å². The Morgan fingerprint density at radius 3 is 2.33 bits per heavy atom. The zero-order chi connectivity index (χ0) is 15.8. The molecule has 21 heavy (non-hydrogen) atoms. The second-order valence-corrected chi connectivity index (χ2v) is 4.58. The van der Waals surface area contributed by atoms with E-state index in [9.17, 15) is 19.5 Å². The van der Waals surface area contributed by atoms with Gasteiger partial charge in [0.1, 0.15) is 12.1 Å². The average molecular weight is 293 g/mol. The van der Waals surface area contributed by atoms with Crippen molar-refractivity contribution in [3.8, 4) is 0 Å². The third kappa shape index (κ3) is 5.62. The van der Waals surface area contributed by atoms with E-state index in [2.05, 4.69) is 10.6 Å². The molecule has 0 aromatic heterocycles. The topological polar surface area (TPSA) is 122 Å². The first kappa shape index (κ1) is 16.6. The molecule has 114 valence electrons. The van der Waals surface area contributed by atoms with E-state index in [-0.39, 0.29) is 13.0 Å². The van der Waals surface area contributed by atoms with Crippen LogP contribution < -0.4 is 16.4 Å². The summed E-state index contributed by atoms with van der Waals surface area (Å²) in [5, 5.41) is 13.9. The van der Waals surface area contributed by atoms with Gasteiger partial charge in [-0.2, -0.15) is 0 Å². The van der Waals surface area contributed by atoms with E-state index in [1.165, 1.54) is 6.92 Å². The van der Waals surface area contributed by atoms with Gasteiger partial charge in [-0.3, -0.25) is 9.59 Å². The molecule has 0 aliphatic carbocycles. The summed E-state index contributed by atoms with van der Waals surface area (Å²) in [6, 6.07) is 7.06. The maximum Gasteiger partial charge on any atom is 0.326 e. The van der Waals surface area contributed by atoms with Gasteiger partial charge in [-0.15, -0.1) is 0 Å². The number of rotatable bonds is 7. The van der Waals surface area contributed by atoms with Crippen LogP contribution in [-0.4, -0.2) is 41.5 Å². The van der Waals surface area contributed by atoms with Gasteiger partial charge < -0.3 is 21.5 Å². The lowest BCUT2D eigenvalue weighted by molar-refractivity contribution is -0.142. The minimum Gasteiger partial charge on any atom is -0.480 e. The Morgan fingerprint density at radius 2 is 1.81 bits per heavy atom. The Morgan fingerprint density at radius 1 is 1.19 bits per heavy atom. The molecule has 1 rings (SSSR count). The van der Waals surface area contributed by atoms with Gasteiger partial charge >= 0.3 is 5.97 Å². The van der Waals surface area contributed by atoms with Crippen molar-refractivity contribution in [3.63, 3.8) is 0 Å². The summed E-state index contributed by atoms with van der Waals surface area (Å²) < 4.78 is 0. The first-order chi connectivity index (χ1) is 9.93. The number of hydrogen-bond donors (Lipinski definition) is 4. The van der Waals surface area contributed by atoms with Crippen molar-refractivity contribution in [2.24, 2.45) is 5.73 Å². The quantitative estimate of drug-likeness (QED) is 0.527. The van der Waals surface area contributed by atoms with Crippen LogP contribution in [0.2, 0.25) is 0 Å². The highest BCUT2D eigenvalue weighted by atomic mass is 16.4. The van der Waals surface area contributed by atoms with Crippen molar-refractivity contribution in [2.45, 2.75) is 25.4 Å². The molecule has 0 heterocycles. The van der Waals surface area contributed by atoms with E-state index in [4.69, 9.17) is 5.73 Å². The van der Waals surface area contributed by atoms with Crippen molar-refractivity contribution in [1.82, 2.24) is 10.6 Å². The number of carboxylic acids is 1. The Labute approximate surface area is 122 Å². The molecule has 0 aliphatic rings. The molecule has 0 saturated carbocycles. The van der Waals surface area contributed by atoms with E-state index in [0.717, 1.165) is 5.56 Å². The summed E-state index contributed by atoms with van der Waals surface area (Å²) in [4.78, 5) is 34.2. The van der Waals surface area contributed by atoms with E-state index >= 15 is 0 Å². The summed E-state index contributed by atoms with van der Waals surface area (Å²) in [6.07, 6.45) is 0.166. The highest BCUT2D eigenvalue weighted by Crippen LogP contribution is 2.03. The molecule has 2 atom stereocenters. The molecule has 0 radical (unpaired) electrons. The molecule has 0 spiro atoms. The normalized spacial score (nSPS) is 13.0. The number of carboxylic acid groups (broad SMARTS) is 1. The van der Waals surface area contributed by atoms with Crippen molar-refractivity contribution in [2.75, 3.05) is 6.54 Å². The first-order valence-corrected chi connectivity index (χ1v) is 6.50. The molecule has 1 aromatic carbocycles. The number of benzene rings is 1. The monoisotopic (exact) mass is 293 g/mol. The van der Waals surface area contributed by atoms with Crippen LogP contribution in [0, 0.1) is 0 Å². The Hall–Kier alpha value is -2.41. The molecular weight excluding hydrogens is 274 g/mol. The number of hydrogen-bond acceptors (Lipinski definition) is 4. The van der Waals surface area contributed by atoms with E-state index in [1.807, 2.05) is 6.07 Å². The van der Waals surface area contributed by atoms with Crippen molar-refractivity contribution >= 4 is 17.8 Å². The summed E-state index contributed by atoms with van der Waals surface area (Å²) in [5.41, 5.74) is 5.93. The largest absolute Gasteiger partial charge is 0.480 e. The van der Waals surface area contributed by atoms with Gasteiger partial charge in [0.15, 0.2) is 0 Å². The zero-order valence-electron chi connectivity index (χ0n) is 11.7. The van der Waals surface area contributed by atoms with Crippen LogP contribution in [0.15, 0.2) is 30.3 Å². The molecule has 5 N–H and O–H groups in total. The molecule has 0 bridgehead atoms.